The van der Waals surface area contributed by atoms with E-state index in [0.29, 0.717) is 12.3 Å². The van der Waals surface area contributed by atoms with E-state index in [1.807, 2.05) is 48.7 Å². The maximum atomic E-state index is 5.59. The molecule has 5 rings (SSSR count). The molecule has 0 saturated heterocycles. The molecule has 0 fully saturated rings. The van der Waals surface area contributed by atoms with Crippen LogP contribution in [-0.2, 0) is 12.3 Å². The first-order chi connectivity index (χ1) is 15.2. The van der Waals surface area contributed by atoms with Crippen LogP contribution in [0.25, 0.3) is 17.0 Å². The van der Waals surface area contributed by atoms with Gasteiger partial charge in [-0.1, -0.05) is 30.0 Å². The Morgan fingerprint density at radius 3 is 2.84 bits per heavy atom. The van der Waals surface area contributed by atoms with Crippen molar-refractivity contribution in [1.29, 1.82) is 0 Å². The monoisotopic (exact) mass is 431 g/mol. The fourth-order valence-electron chi connectivity index (χ4n) is 3.48. The number of ether oxygens (including phenoxy) is 1. The second-order valence-corrected chi connectivity index (χ2v) is 8.09. The number of aryl methyl sites for hydroxylation is 1. The average molecular weight is 432 g/mol. The van der Waals surface area contributed by atoms with E-state index < -0.39 is 0 Å². The molecule has 0 amide bonds. The van der Waals surface area contributed by atoms with E-state index in [0.717, 1.165) is 45.0 Å². The van der Waals surface area contributed by atoms with Crippen LogP contribution in [0, 0.1) is 6.92 Å². The molecule has 1 aromatic carbocycles. The molecule has 31 heavy (non-hydrogen) atoms. The molecule has 0 aliphatic rings. The van der Waals surface area contributed by atoms with E-state index in [1.54, 1.807) is 25.1 Å². The Morgan fingerprint density at radius 1 is 1.10 bits per heavy atom. The third-order valence-corrected chi connectivity index (χ3v) is 6.02. The number of methoxy groups -OCH3 is 1. The van der Waals surface area contributed by atoms with Gasteiger partial charge in [-0.25, -0.2) is 4.98 Å². The average Bonchev–Trinajstić information content (AvgIpc) is 3.53. The summed E-state index contributed by atoms with van der Waals surface area (Å²) in [6, 6.07) is 15.8. The zero-order chi connectivity index (χ0) is 21.2. The second kappa shape index (κ2) is 8.31. The summed E-state index contributed by atoms with van der Waals surface area (Å²) >= 11 is 1.61. The minimum atomic E-state index is 0.541. The number of thioether (sulfide) groups is 1. The molecule has 0 N–H and O–H groups in total. The largest absolute Gasteiger partial charge is 0.497 e. The molecule has 0 spiro atoms. The number of aromatic nitrogens is 5. The van der Waals surface area contributed by atoms with Gasteiger partial charge >= 0.3 is 0 Å². The smallest absolute Gasteiger partial charge is 0.192 e. The van der Waals surface area contributed by atoms with Crippen LogP contribution < -0.4 is 4.74 Å². The van der Waals surface area contributed by atoms with Crippen LogP contribution in [0.4, 0.5) is 0 Å². The van der Waals surface area contributed by atoms with Gasteiger partial charge in [0.15, 0.2) is 11.0 Å². The van der Waals surface area contributed by atoms with Crippen LogP contribution in [0.2, 0.25) is 0 Å². The van der Waals surface area contributed by atoms with Gasteiger partial charge in [0, 0.05) is 23.7 Å². The molecule has 0 aliphatic heterocycles. The Kier molecular flexibility index (Phi) is 5.21. The van der Waals surface area contributed by atoms with Gasteiger partial charge < -0.3 is 13.6 Å². The lowest BCUT2D eigenvalue weighted by Crippen LogP contribution is -2.03. The summed E-state index contributed by atoms with van der Waals surface area (Å²) < 4.78 is 15.1. The number of fused-ring (bicyclic) bond motifs is 1. The van der Waals surface area contributed by atoms with Crippen molar-refractivity contribution < 1.29 is 9.15 Å². The molecule has 8 heteroatoms. The van der Waals surface area contributed by atoms with Crippen molar-refractivity contribution >= 4 is 17.4 Å². The number of imidazole rings is 1. The SMILES string of the molecule is COc1cccc(-c2nnc(SCc3cn4cccc(C)c4n3)n2Cc2ccco2)c1. The number of benzene rings is 1. The van der Waals surface area contributed by atoms with Crippen LogP contribution in [-0.4, -0.2) is 31.3 Å². The third-order valence-electron chi connectivity index (χ3n) is 5.02. The van der Waals surface area contributed by atoms with Crippen LogP contribution in [0.3, 0.4) is 0 Å². The van der Waals surface area contributed by atoms with Crippen molar-refractivity contribution in [3.63, 3.8) is 0 Å². The third kappa shape index (κ3) is 3.94. The molecule has 0 bridgehead atoms. The number of hydrogen-bond acceptors (Lipinski definition) is 6. The normalized spacial score (nSPS) is 11.3. The first-order valence-electron chi connectivity index (χ1n) is 9.87. The van der Waals surface area contributed by atoms with Crippen molar-refractivity contribution in [2.75, 3.05) is 7.11 Å². The fourth-order valence-corrected chi connectivity index (χ4v) is 4.31. The van der Waals surface area contributed by atoms with E-state index >= 15 is 0 Å². The summed E-state index contributed by atoms with van der Waals surface area (Å²) in [5.41, 5.74) is 4.07. The molecular weight excluding hydrogens is 410 g/mol. The summed E-state index contributed by atoms with van der Waals surface area (Å²) in [7, 11) is 1.66. The Bertz CT molecular complexity index is 1320. The highest BCUT2D eigenvalue weighted by atomic mass is 32.2. The van der Waals surface area contributed by atoms with E-state index in [-0.39, 0.29) is 0 Å². The zero-order valence-electron chi connectivity index (χ0n) is 17.2. The van der Waals surface area contributed by atoms with Crippen molar-refractivity contribution in [2.24, 2.45) is 0 Å². The summed E-state index contributed by atoms with van der Waals surface area (Å²) in [6.45, 7) is 2.61. The Hall–Kier alpha value is -3.52. The number of pyridine rings is 1. The minimum absolute atomic E-state index is 0.541. The number of furan rings is 1. The topological polar surface area (TPSA) is 70.4 Å². The molecule has 5 aromatic rings. The van der Waals surface area contributed by atoms with Crippen molar-refractivity contribution in [1.82, 2.24) is 24.1 Å². The van der Waals surface area contributed by atoms with Gasteiger partial charge in [-0.3, -0.25) is 4.57 Å². The predicted octanol–water partition coefficient (Wildman–Crippen LogP) is 4.84. The van der Waals surface area contributed by atoms with Gasteiger partial charge in [-0.15, -0.1) is 10.2 Å². The highest BCUT2D eigenvalue weighted by Gasteiger charge is 2.17. The lowest BCUT2D eigenvalue weighted by Gasteiger charge is -2.09. The molecule has 0 radical (unpaired) electrons. The number of hydrogen-bond donors (Lipinski definition) is 0. The Balaban J connectivity index is 1.47. The van der Waals surface area contributed by atoms with Gasteiger partial charge in [-0.05, 0) is 42.8 Å². The molecule has 4 aromatic heterocycles. The van der Waals surface area contributed by atoms with Crippen LogP contribution in [0.15, 0.2) is 76.8 Å². The second-order valence-electron chi connectivity index (χ2n) is 7.15. The lowest BCUT2D eigenvalue weighted by molar-refractivity contribution is 0.415. The van der Waals surface area contributed by atoms with E-state index in [2.05, 4.69) is 38.4 Å². The molecule has 156 valence electrons. The Labute approximate surface area is 183 Å². The molecule has 0 saturated carbocycles. The number of rotatable bonds is 7. The quantitative estimate of drug-likeness (QED) is 0.343. The lowest BCUT2D eigenvalue weighted by atomic mass is 10.2. The highest BCUT2D eigenvalue weighted by molar-refractivity contribution is 7.98. The number of nitrogens with zero attached hydrogens (tertiary/aromatic N) is 5. The molecule has 4 heterocycles. The van der Waals surface area contributed by atoms with Gasteiger partial charge in [-0.2, -0.15) is 0 Å². The standard InChI is InChI=1S/C23H21N5O2S/c1-16-6-4-10-27-13-18(24-21(16)27)15-31-23-26-25-22(17-7-3-8-19(12-17)29-2)28(23)14-20-9-5-11-30-20/h3-13H,14-15H2,1-2H3. The Morgan fingerprint density at radius 2 is 2.03 bits per heavy atom. The summed E-state index contributed by atoms with van der Waals surface area (Å²) in [5, 5.41) is 9.76. The van der Waals surface area contributed by atoms with Crippen molar-refractivity contribution in [3.05, 3.63) is 84.2 Å². The maximum absolute atomic E-state index is 5.59. The minimum Gasteiger partial charge on any atom is -0.497 e. The van der Waals surface area contributed by atoms with Gasteiger partial charge in [0.2, 0.25) is 0 Å². The molecular formula is C23H21N5O2S. The molecule has 0 atom stereocenters. The summed E-state index contributed by atoms with van der Waals surface area (Å²) in [6.07, 6.45) is 5.76. The summed E-state index contributed by atoms with van der Waals surface area (Å²) in [4.78, 5) is 4.77. The van der Waals surface area contributed by atoms with Crippen molar-refractivity contribution in [2.45, 2.75) is 24.4 Å². The first kappa shape index (κ1) is 19.4. The van der Waals surface area contributed by atoms with E-state index in [1.165, 1.54) is 0 Å². The fraction of sp³-hybridized carbons (Fsp3) is 0.174. The predicted molar refractivity (Wildman–Crippen MR) is 119 cm³/mol. The van der Waals surface area contributed by atoms with Crippen LogP contribution in [0.5, 0.6) is 5.75 Å². The zero-order valence-corrected chi connectivity index (χ0v) is 18.0. The van der Waals surface area contributed by atoms with Gasteiger partial charge in [0.05, 0.1) is 25.6 Å². The van der Waals surface area contributed by atoms with Gasteiger partial charge in [0.25, 0.3) is 0 Å². The molecule has 0 unspecified atom stereocenters. The highest BCUT2D eigenvalue weighted by Crippen LogP contribution is 2.29. The van der Waals surface area contributed by atoms with E-state index in [9.17, 15) is 0 Å². The first-order valence-corrected chi connectivity index (χ1v) is 10.9. The molecule has 7 nitrogen and oxygen atoms in total. The van der Waals surface area contributed by atoms with Crippen LogP contribution >= 0.6 is 11.8 Å². The van der Waals surface area contributed by atoms with Gasteiger partial charge in [0.1, 0.15) is 17.2 Å². The van der Waals surface area contributed by atoms with Crippen molar-refractivity contribution in [3.8, 4) is 17.1 Å². The van der Waals surface area contributed by atoms with Crippen LogP contribution in [0.1, 0.15) is 17.0 Å². The molecule has 0 aliphatic carbocycles. The summed E-state index contributed by atoms with van der Waals surface area (Å²) in [5.74, 6) is 3.08. The maximum Gasteiger partial charge on any atom is 0.192 e. The van der Waals surface area contributed by atoms with E-state index in [4.69, 9.17) is 14.1 Å².